The van der Waals surface area contributed by atoms with Gasteiger partial charge in [0.15, 0.2) is 0 Å². The van der Waals surface area contributed by atoms with E-state index in [9.17, 15) is 14.4 Å². The summed E-state index contributed by atoms with van der Waals surface area (Å²) in [5.41, 5.74) is 4.03. The first-order chi connectivity index (χ1) is 13.0. The molecule has 0 atom stereocenters. The lowest BCUT2D eigenvalue weighted by Gasteiger charge is -2.35. The van der Waals surface area contributed by atoms with Crippen LogP contribution >= 0.6 is 0 Å². The van der Waals surface area contributed by atoms with Crippen molar-refractivity contribution in [2.24, 2.45) is 0 Å². The van der Waals surface area contributed by atoms with Crippen LogP contribution in [-0.4, -0.2) is 53.7 Å². The molecule has 0 spiro atoms. The van der Waals surface area contributed by atoms with Gasteiger partial charge in [0, 0.05) is 43.0 Å². The van der Waals surface area contributed by atoms with Crippen molar-refractivity contribution in [2.75, 3.05) is 31.5 Å². The minimum atomic E-state index is -0.0559. The van der Waals surface area contributed by atoms with E-state index in [-0.39, 0.29) is 17.7 Å². The van der Waals surface area contributed by atoms with Crippen LogP contribution in [0.15, 0.2) is 42.5 Å². The number of carbonyl (C=O) groups excluding carboxylic acids is 3. The maximum absolute atomic E-state index is 12.8. The van der Waals surface area contributed by atoms with Crippen LogP contribution in [0.5, 0.6) is 0 Å². The topological polar surface area (TPSA) is 69.7 Å². The predicted octanol–water partition coefficient (Wildman–Crippen LogP) is 2.09. The number of amides is 3. The van der Waals surface area contributed by atoms with E-state index >= 15 is 0 Å². The highest BCUT2D eigenvalue weighted by atomic mass is 16.2. The van der Waals surface area contributed by atoms with Crippen LogP contribution in [0, 0.1) is 6.92 Å². The van der Waals surface area contributed by atoms with Crippen molar-refractivity contribution in [1.29, 1.82) is 0 Å². The van der Waals surface area contributed by atoms with Gasteiger partial charge in [0.25, 0.3) is 11.8 Å². The number of anilines is 1. The van der Waals surface area contributed by atoms with Gasteiger partial charge in [0.2, 0.25) is 5.91 Å². The fourth-order valence-electron chi connectivity index (χ4n) is 3.54. The molecule has 0 radical (unpaired) electrons. The number of fused-ring (bicyclic) bond motifs is 1. The van der Waals surface area contributed by atoms with Gasteiger partial charge in [-0.15, -0.1) is 0 Å². The second-order valence-electron chi connectivity index (χ2n) is 7.05. The number of hydrogen-bond donors (Lipinski definition) is 1. The summed E-state index contributed by atoms with van der Waals surface area (Å²) >= 11 is 0. The van der Waals surface area contributed by atoms with E-state index in [1.54, 1.807) is 28.0 Å². The molecule has 2 aliphatic rings. The second kappa shape index (κ2) is 6.87. The van der Waals surface area contributed by atoms with Gasteiger partial charge >= 0.3 is 0 Å². The standard InChI is InChI=1S/C21H21N3O3/c1-14-2-4-15(5-3-14)20(26)23-8-10-24(11-9-23)21(27)16-6-7-18-17(12-16)13-19(25)22-18/h2-7,12H,8-11,13H2,1H3,(H,22,25). The summed E-state index contributed by atoms with van der Waals surface area (Å²) in [4.78, 5) is 40.4. The fourth-order valence-corrected chi connectivity index (χ4v) is 3.54. The summed E-state index contributed by atoms with van der Waals surface area (Å²) in [6.45, 7) is 4.03. The van der Waals surface area contributed by atoms with Gasteiger partial charge in [-0.05, 0) is 42.8 Å². The van der Waals surface area contributed by atoms with Gasteiger partial charge in [0.1, 0.15) is 0 Å². The van der Waals surface area contributed by atoms with Crippen molar-refractivity contribution < 1.29 is 14.4 Å². The second-order valence-corrected chi connectivity index (χ2v) is 7.05. The number of piperazine rings is 1. The number of hydrogen-bond acceptors (Lipinski definition) is 3. The molecule has 0 bridgehead atoms. The molecule has 27 heavy (non-hydrogen) atoms. The van der Waals surface area contributed by atoms with E-state index in [0.29, 0.717) is 43.7 Å². The Morgan fingerprint density at radius 3 is 2.04 bits per heavy atom. The molecule has 0 aromatic heterocycles. The monoisotopic (exact) mass is 363 g/mol. The smallest absolute Gasteiger partial charge is 0.253 e. The van der Waals surface area contributed by atoms with E-state index in [0.717, 1.165) is 16.8 Å². The van der Waals surface area contributed by atoms with Crippen LogP contribution < -0.4 is 5.32 Å². The summed E-state index contributed by atoms with van der Waals surface area (Å²) in [6, 6.07) is 12.9. The Kier molecular flexibility index (Phi) is 4.39. The first kappa shape index (κ1) is 17.3. The summed E-state index contributed by atoms with van der Waals surface area (Å²) in [7, 11) is 0. The normalized spacial score (nSPS) is 16.1. The Morgan fingerprint density at radius 2 is 1.41 bits per heavy atom. The molecule has 1 N–H and O–H groups in total. The molecule has 4 rings (SSSR count). The van der Waals surface area contributed by atoms with Crippen molar-refractivity contribution in [2.45, 2.75) is 13.3 Å². The number of nitrogens with zero attached hydrogens (tertiary/aromatic N) is 2. The molecule has 0 saturated carbocycles. The lowest BCUT2D eigenvalue weighted by Crippen LogP contribution is -2.50. The zero-order valence-electron chi connectivity index (χ0n) is 15.2. The lowest BCUT2D eigenvalue weighted by molar-refractivity contribution is -0.115. The molecular formula is C21H21N3O3. The maximum atomic E-state index is 12.8. The Hall–Kier alpha value is -3.15. The largest absolute Gasteiger partial charge is 0.335 e. The number of carbonyl (C=O) groups is 3. The highest BCUT2D eigenvalue weighted by molar-refractivity contribution is 6.01. The fraction of sp³-hybridized carbons (Fsp3) is 0.286. The molecular weight excluding hydrogens is 342 g/mol. The van der Waals surface area contributed by atoms with Crippen LogP contribution in [0.1, 0.15) is 31.8 Å². The minimum Gasteiger partial charge on any atom is -0.335 e. The van der Waals surface area contributed by atoms with Crippen molar-refractivity contribution >= 4 is 23.4 Å². The van der Waals surface area contributed by atoms with E-state index < -0.39 is 0 Å². The zero-order valence-corrected chi connectivity index (χ0v) is 15.2. The first-order valence-electron chi connectivity index (χ1n) is 9.09. The van der Waals surface area contributed by atoms with Crippen LogP contribution in [0.25, 0.3) is 0 Å². The number of aryl methyl sites for hydroxylation is 1. The van der Waals surface area contributed by atoms with Gasteiger partial charge in [-0.2, -0.15) is 0 Å². The van der Waals surface area contributed by atoms with Gasteiger partial charge in [0.05, 0.1) is 6.42 Å². The maximum Gasteiger partial charge on any atom is 0.253 e. The molecule has 138 valence electrons. The molecule has 1 fully saturated rings. The quantitative estimate of drug-likeness (QED) is 0.888. The lowest BCUT2D eigenvalue weighted by atomic mass is 10.1. The van der Waals surface area contributed by atoms with Gasteiger partial charge < -0.3 is 15.1 Å². The third-order valence-electron chi connectivity index (χ3n) is 5.13. The van der Waals surface area contributed by atoms with Gasteiger partial charge in [-0.3, -0.25) is 14.4 Å². The van der Waals surface area contributed by atoms with Gasteiger partial charge in [-0.1, -0.05) is 17.7 Å². The number of rotatable bonds is 2. The Bertz CT molecular complexity index is 913. The average molecular weight is 363 g/mol. The SMILES string of the molecule is Cc1ccc(C(=O)N2CCN(C(=O)c3ccc4c(c3)CC(=O)N4)CC2)cc1. The zero-order chi connectivity index (χ0) is 19.0. The van der Waals surface area contributed by atoms with Crippen LogP contribution in [0.2, 0.25) is 0 Å². The van der Waals surface area contributed by atoms with E-state index in [1.165, 1.54) is 0 Å². The third-order valence-corrected chi connectivity index (χ3v) is 5.13. The Labute approximate surface area is 157 Å². The molecule has 2 aromatic rings. The van der Waals surface area contributed by atoms with E-state index in [4.69, 9.17) is 0 Å². The third kappa shape index (κ3) is 3.43. The molecule has 2 aliphatic heterocycles. The summed E-state index contributed by atoms with van der Waals surface area (Å²) in [6.07, 6.45) is 0.315. The van der Waals surface area contributed by atoms with E-state index in [1.807, 2.05) is 31.2 Å². The highest BCUT2D eigenvalue weighted by Crippen LogP contribution is 2.24. The van der Waals surface area contributed by atoms with Crippen molar-refractivity contribution in [3.63, 3.8) is 0 Å². The average Bonchev–Trinajstić information content (AvgIpc) is 3.07. The van der Waals surface area contributed by atoms with Crippen molar-refractivity contribution in [3.05, 3.63) is 64.7 Å². The predicted molar refractivity (Wildman–Crippen MR) is 102 cm³/mol. The highest BCUT2D eigenvalue weighted by Gasteiger charge is 2.26. The van der Waals surface area contributed by atoms with Crippen molar-refractivity contribution in [3.8, 4) is 0 Å². The molecule has 2 heterocycles. The van der Waals surface area contributed by atoms with Gasteiger partial charge in [-0.25, -0.2) is 0 Å². The summed E-state index contributed by atoms with van der Waals surface area (Å²) in [5.74, 6) is -0.0957. The van der Waals surface area contributed by atoms with Crippen LogP contribution in [0.3, 0.4) is 0 Å². The molecule has 3 amide bonds. The molecule has 6 nitrogen and oxygen atoms in total. The van der Waals surface area contributed by atoms with Crippen LogP contribution in [0.4, 0.5) is 5.69 Å². The molecule has 6 heteroatoms. The van der Waals surface area contributed by atoms with Crippen molar-refractivity contribution in [1.82, 2.24) is 9.80 Å². The number of nitrogens with one attached hydrogen (secondary N) is 1. The van der Waals surface area contributed by atoms with E-state index in [2.05, 4.69) is 5.32 Å². The summed E-state index contributed by atoms with van der Waals surface area (Å²) < 4.78 is 0. The molecule has 1 saturated heterocycles. The summed E-state index contributed by atoms with van der Waals surface area (Å²) in [5, 5.41) is 2.77. The molecule has 0 unspecified atom stereocenters. The number of benzene rings is 2. The Balaban J connectivity index is 1.40. The van der Waals surface area contributed by atoms with Crippen LogP contribution in [-0.2, 0) is 11.2 Å². The minimum absolute atomic E-state index is 0.00390. The Morgan fingerprint density at radius 1 is 0.852 bits per heavy atom. The molecule has 0 aliphatic carbocycles. The first-order valence-corrected chi connectivity index (χ1v) is 9.09. The molecule has 2 aromatic carbocycles.